The molecule has 1 aromatic carbocycles. The van der Waals surface area contributed by atoms with Gasteiger partial charge in [-0.2, -0.15) is 0 Å². The Hall–Kier alpha value is -1.19. The van der Waals surface area contributed by atoms with Crippen molar-refractivity contribution >= 4 is 5.78 Å². The maximum absolute atomic E-state index is 12.2. The van der Waals surface area contributed by atoms with Crippen LogP contribution in [-0.4, -0.2) is 42.0 Å². The fraction of sp³-hybridized carbons (Fsp3) is 0.588. The molecule has 0 saturated carbocycles. The predicted molar refractivity (Wildman–Crippen MR) is 81.1 cm³/mol. The zero-order valence-corrected chi connectivity index (χ0v) is 12.6. The molecule has 1 atom stereocenters. The number of hydrogen-bond donors (Lipinski definition) is 1. The van der Waals surface area contributed by atoms with Crippen LogP contribution in [0.15, 0.2) is 18.2 Å². The van der Waals surface area contributed by atoms with E-state index in [-0.39, 0.29) is 12.4 Å². The molecule has 0 aliphatic carbocycles. The molecule has 2 rings (SSSR count). The molecular weight excluding hydrogens is 250 g/mol. The van der Waals surface area contributed by atoms with Gasteiger partial charge in [0.05, 0.1) is 0 Å². The molecule has 1 N–H and O–H groups in total. The number of hydrogen-bond acceptors (Lipinski definition) is 3. The first-order valence-electron chi connectivity index (χ1n) is 7.53. The Morgan fingerprint density at radius 2 is 2.00 bits per heavy atom. The lowest BCUT2D eigenvalue weighted by atomic mass is 10.0. The van der Waals surface area contributed by atoms with E-state index in [9.17, 15) is 4.79 Å². The summed E-state index contributed by atoms with van der Waals surface area (Å²) in [6.45, 7) is 7.27. The van der Waals surface area contributed by atoms with Crippen LogP contribution < -0.4 is 0 Å². The summed E-state index contributed by atoms with van der Waals surface area (Å²) >= 11 is 0. The van der Waals surface area contributed by atoms with Gasteiger partial charge in [-0.15, -0.1) is 0 Å². The summed E-state index contributed by atoms with van der Waals surface area (Å²) in [5, 5.41) is 8.96. The van der Waals surface area contributed by atoms with E-state index in [1.54, 1.807) is 0 Å². The molecule has 1 aliphatic rings. The van der Waals surface area contributed by atoms with Gasteiger partial charge >= 0.3 is 0 Å². The number of benzene rings is 1. The predicted octanol–water partition coefficient (Wildman–Crippen LogP) is 2.58. The molecule has 0 bridgehead atoms. The van der Waals surface area contributed by atoms with Gasteiger partial charge in [-0.1, -0.05) is 17.2 Å². The van der Waals surface area contributed by atoms with Crippen molar-refractivity contribution < 1.29 is 9.90 Å². The third-order valence-corrected chi connectivity index (χ3v) is 4.11. The minimum absolute atomic E-state index is 0.238. The van der Waals surface area contributed by atoms with E-state index in [1.807, 2.05) is 26.0 Å². The summed E-state index contributed by atoms with van der Waals surface area (Å²) in [7, 11) is 0. The number of carbonyl (C=O) groups excluding carboxylic acids is 1. The molecule has 0 amide bonds. The number of aliphatic hydroxyl groups excluding tert-OH is 1. The topological polar surface area (TPSA) is 40.5 Å². The maximum Gasteiger partial charge on any atom is 0.164 e. The van der Waals surface area contributed by atoms with Crippen LogP contribution in [-0.2, 0) is 0 Å². The average molecular weight is 275 g/mol. The molecule has 110 valence electrons. The molecule has 0 radical (unpaired) electrons. The van der Waals surface area contributed by atoms with E-state index in [1.165, 1.54) is 0 Å². The van der Waals surface area contributed by atoms with E-state index in [2.05, 4.69) is 11.0 Å². The first-order chi connectivity index (χ1) is 9.58. The third-order valence-electron chi connectivity index (χ3n) is 4.11. The summed E-state index contributed by atoms with van der Waals surface area (Å²) in [5.74, 6) is 0.846. The molecule has 0 aromatic heterocycles. The molecule has 3 nitrogen and oxygen atoms in total. The van der Waals surface area contributed by atoms with E-state index < -0.39 is 0 Å². The molecule has 1 unspecified atom stereocenters. The number of rotatable bonds is 6. The smallest absolute Gasteiger partial charge is 0.164 e. The molecular formula is C17H25NO2. The molecule has 20 heavy (non-hydrogen) atoms. The highest BCUT2D eigenvalue weighted by molar-refractivity contribution is 5.96. The highest BCUT2D eigenvalue weighted by Crippen LogP contribution is 2.19. The highest BCUT2D eigenvalue weighted by atomic mass is 16.3. The Morgan fingerprint density at radius 1 is 1.30 bits per heavy atom. The van der Waals surface area contributed by atoms with Crippen molar-refractivity contribution in [1.29, 1.82) is 0 Å². The summed E-state index contributed by atoms with van der Waals surface area (Å²) in [5.41, 5.74) is 3.14. The summed E-state index contributed by atoms with van der Waals surface area (Å²) in [4.78, 5) is 14.6. The van der Waals surface area contributed by atoms with Crippen molar-refractivity contribution in [2.75, 3.05) is 26.2 Å². The second-order valence-electron chi connectivity index (χ2n) is 6.02. The van der Waals surface area contributed by atoms with Crippen molar-refractivity contribution in [3.63, 3.8) is 0 Å². The number of carbonyl (C=O) groups is 1. The molecule has 1 aromatic rings. The number of aliphatic hydroxyl groups is 1. The second-order valence-corrected chi connectivity index (χ2v) is 6.02. The van der Waals surface area contributed by atoms with Gasteiger partial charge in [0.15, 0.2) is 5.78 Å². The Labute approximate surface area is 121 Å². The zero-order valence-electron chi connectivity index (χ0n) is 12.6. The number of aryl methyl sites for hydroxylation is 2. The second kappa shape index (κ2) is 7.00. The summed E-state index contributed by atoms with van der Waals surface area (Å²) in [6.07, 6.45) is 2.63. The first-order valence-corrected chi connectivity index (χ1v) is 7.53. The Kier molecular flexibility index (Phi) is 5.32. The van der Waals surface area contributed by atoms with Crippen molar-refractivity contribution in [3.8, 4) is 0 Å². The largest absolute Gasteiger partial charge is 0.396 e. The van der Waals surface area contributed by atoms with Crippen LogP contribution in [0.1, 0.15) is 40.7 Å². The van der Waals surface area contributed by atoms with Gasteiger partial charge in [0.1, 0.15) is 0 Å². The van der Waals surface area contributed by atoms with Crippen LogP contribution >= 0.6 is 0 Å². The standard InChI is InChI=1S/C17H25NO2/c1-13-9-14(2)11-16(10-13)17(20)4-7-18-6-3-15(12-18)5-8-19/h9-11,15,19H,3-8,12H2,1-2H3. The zero-order chi connectivity index (χ0) is 14.5. The molecule has 3 heteroatoms. The van der Waals surface area contributed by atoms with Gasteiger partial charge in [-0.05, 0) is 51.3 Å². The Morgan fingerprint density at radius 3 is 2.65 bits per heavy atom. The number of likely N-dealkylation sites (tertiary alicyclic amines) is 1. The van der Waals surface area contributed by atoms with Gasteiger partial charge in [0.25, 0.3) is 0 Å². The van der Waals surface area contributed by atoms with E-state index in [4.69, 9.17) is 5.11 Å². The summed E-state index contributed by atoms with van der Waals surface area (Å²) < 4.78 is 0. The van der Waals surface area contributed by atoms with Gasteiger partial charge in [-0.25, -0.2) is 0 Å². The maximum atomic E-state index is 12.2. The minimum atomic E-state index is 0.238. The van der Waals surface area contributed by atoms with Gasteiger partial charge in [-0.3, -0.25) is 4.79 Å². The number of Topliss-reactive ketones (excluding diaryl/α,β-unsaturated/α-hetero) is 1. The SMILES string of the molecule is Cc1cc(C)cc(C(=O)CCN2CCC(CCO)C2)c1. The van der Waals surface area contributed by atoms with Crippen LogP contribution in [0.5, 0.6) is 0 Å². The molecule has 1 aliphatic heterocycles. The van der Waals surface area contributed by atoms with Crippen LogP contribution in [0, 0.1) is 19.8 Å². The van der Waals surface area contributed by atoms with Crippen LogP contribution in [0.4, 0.5) is 0 Å². The lowest BCUT2D eigenvalue weighted by Crippen LogP contribution is -2.24. The van der Waals surface area contributed by atoms with Gasteiger partial charge in [0, 0.05) is 31.7 Å². The fourth-order valence-electron chi connectivity index (χ4n) is 3.07. The van der Waals surface area contributed by atoms with Crippen LogP contribution in [0.2, 0.25) is 0 Å². The Bertz CT molecular complexity index is 450. The monoisotopic (exact) mass is 275 g/mol. The average Bonchev–Trinajstić information content (AvgIpc) is 2.83. The molecule has 0 spiro atoms. The fourth-order valence-corrected chi connectivity index (χ4v) is 3.07. The number of ketones is 1. The van der Waals surface area contributed by atoms with Gasteiger partial charge < -0.3 is 10.0 Å². The van der Waals surface area contributed by atoms with Gasteiger partial charge in [0.2, 0.25) is 0 Å². The van der Waals surface area contributed by atoms with Crippen molar-refractivity contribution in [3.05, 3.63) is 34.9 Å². The van der Waals surface area contributed by atoms with Crippen molar-refractivity contribution in [2.24, 2.45) is 5.92 Å². The van der Waals surface area contributed by atoms with E-state index >= 15 is 0 Å². The molecule has 1 saturated heterocycles. The van der Waals surface area contributed by atoms with Crippen molar-refractivity contribution in [2.45, 2.75) is 33.1 Å². The lowest BCUT2D eigenvalue weighted by Gasteiger charge is -2.15. The highest BCUT2D eigenvalue weighted by Gasteiger charge is 2.22. The van der Waals surface area contributed by atoms with E-state index in [0.717, 1.165) is 49.2 Å². The number of nitrogens with zero attached hydrogens (tertiary/aromatic N) is 1. The normalized spacial score (nSPS) is 19.4. The molecule has 1 heterocycles. The Balaban J connectivity index is 1.83. The summed E-state index contributed by atoms with van der Waals surface area (Å²) in [6, 6.07) is 6.05. The van der Waals surface area contributed by atoms with E-state index in [0.29, 0.717) is 12.3 Å². The van der Waals surface area contributed by atoms with Crippen LogP contribution in [0.25, 0.3) is 0 Å². The van der Waals surface area contributed by atoms with Crippen molar-refractivity contribution in [1.82, 2.24) is 4.90 Å². The first kappa shape index (κ1) is 15.2. The van der Waals surface area contributed by atoms with Crippen LogP contribution in [0.3, 0.4) is 0 Å². The quantitative estimate of drug-likeness (QED) is 0.811. The minimum Gasteiger partial charge on any atom is -0.396 e. The third kappa shape index (κ3) is 4.15. The molecule has 1 fully saturated rings. The lowest BCUT2D eigenvalue weighted by molar-refractivity contribution is 0.0967.